The average Bonchev–Trinajstić information content (AvgIpc) is 2.73. The van der Waals surface area contributed by atoms with Gasteiger partial charge in [0.05, 0.1) is 6.54 Å². The van der Waals surface area contributed by atoms with Crippen molar-refractivity contribution < 1.29 is 14.4 Å². The number of nitrogens with one attached hydrogen (secondary N) is 1. The Morgan fingerprint density at radius 1 is 1.39 bits per heavy atom. The zero-order chi connectivity index (χ0) is 14.0. The highest BCUT2D eigenvalue weighted by Crippen LogP contribution is 2.19. The molecule has 0 amide bonds. The summed E-state index contributed by atoms with van der Waals surface area (Å²) in [5.41, 5.74) is -1.17. The predicted molar refractivity (Wildman–Crippen MR) is 66.2 cm³/mol. The lowest BCUT2D eigenvalue weighted by atomic mass is 9.97. The summed E-state index contributed by atoms with van der Waals surface area (Å²) in [4.78, 5) is 15.4. The van der Waals surface area contributed by atoms with Crippen molar-refractivity contribution in [3.8, 4) is 0 Å². The van der Waals surface area contributed by atoms with Crippen LogP contribution in [-0.2, 0) is 16.8 Å². The number of hydrogen-bond acceptors (Lipinski definition) is 5. The molecule has 1 unspecified atom stereocenters. The van der Waals surface area contributed by atoms with Crippen molar-refractivity contribution in [2.75, 3.05) is 0 Å². The molecule has 0 aliphatic carbocycles. The second kappa shape index (κ2) is 5.06. The summed E-state index contributed by atoms with van der Waals surface area (Å²) in [6.07, 6.45) is 0.478. The smallest absolute Gasteiger partial charge is 0.323 e. The van der Waals surface area contributed by atoms with Crippen LogP contribution in [0.5, 0.6) is 0 Å². The van der Waals surface area contributed by atoms with E-state index in [4.69, 9.17) is 9.63 Å². The molecule has 1 aromatic rings. The van der Waals surface area contributed by atoms with E-state index in [1.54, 1.807) is 6.92 Å². The molecule has 6 heteroatoms. The minimum absolute atomic E-state index is 0.202. The summed E-state index contributed by atoms with van der Waals surface area (Å²) in [5, 5.41) is 15.9. The quantitative estimate of drug-likeness (QED) is 0.832. The Balaban J connectivity index is 2.70. The number of carboxylic acids is 1. The molecular formula is C12H21N3O3. The van der Waals surface area contributed by atoms with E-state index in [1.165, 1.54) is 0 Å². The van der Waals surface area contributed by atoms with Crippen molar-refractivity contribution in [3.63, 3.8) is 0 Å². The van der Waals surface area contributed by atoms with Crippen molar-refractivity contribution in [1.82, 2.24) is 15.5 Å². The molecule has 6 nitrogen and oxygen atoms in total. The molecule has 0 aliphatic heterocycles. The van der Waals surface area contributed by atoms with Crippen molar-refractivity contribution >= 4 is 5.97 Å². The Bertz CT molecular complexity index is 422. The van der Waals surface area contributed by atoms with Crippen LogP contribution in [0, 0.1) is 0 Å². The number of rotatable bonds is 5. The van der Waals surface area contributed by atoms with E-state index in [0.29, 0.717) is 18.1 Å². The highest BCUT2D eigenvalue weighted by molar-refractivity contribution is 5.78. The maximum Gasteiger partial charge on any atom is 0.323 e. The van der Waals surface area contributed by atoms with Gasteiger partial charge in [0.1, 0.15) is 5.54 Å². The van der Waals surface area contributed by atoms with Gasteiger partial charge in [0.15, 0.2) is 5.82 Å². The van der Waals surface area contributed by atoms with Crippen LogP contribution in [0.25, 0.3) is 0 Å². The summed E-state index contributed by atoms with van der Waals surface area (Å²) in [6, 6.07) is 0. The van der Waals surface area contributed by atoms with Crippen LogP contribution in [0.15, 0.2) is 4.52 Å². The Morgan fingerprint density at radius 2 is 2.00 bits per heavy atom. The van der Waals surface area contributed by atoms with Crippen molar-refractivity contribution in [2.24, 2.45) is 0 Å². The first-order chi connectivity index (χ1) is 8.19. The van der Waals surface area contributed by atoms with E-state index in [1.807, 2.05) is 27.7 Å². The monoisotopic (exact) mass is 255 g/mol. The number of carboxylic acid groups (broad SMARTS) is 1. The molecule has 0 radical (unpaired) electrons. The first kappa shape index (κ1) is 14.6. The molecule has 0 saturated heterocycles. The number of aliphatic carboxylic acids is 1. The van der Waals surface area contributed by atoms with Gasteiger partial charge in [-0.05, 0) is 13.3 Å². The van der Waals surface area contributed by atoms with Crippen LogP contribution >= 0.6 is 0 Å². The van der Waals surface area contributed by atoms with Gasteiger partial charge in [-0.25, -0.2) is 0 Å². The fourth-order valence-corrected chi connectivity index (χ4v) is 1.26. The zero-order valence-corrected chi connectivity index (χ0v) is 11.6. The van der Waals surface area contributed by atoms with E-state index in [9.17, 15) is 4.79 Å². The van der Waals surface area contributed by atoms with E-state index in [-0.39, 0.29) is 12.0 Å². The lowest BCUT2D eigenvalue weighted by molar-refractivity contribution is -0.144. The summed E-state index contributed by atoms with van der Waals surface area (Å²) in [7, 11) is 0. The number of aromatic nitrogens is 2. The Labute approximate surface area is 107 Å². The molecule has 0 aliphatic rings. The third-order valence-electron chi connectivity index (χ3n) is 2.93. The van der Waals surface area contributed by atoms with Gasteiger partial charge in [-0.1, -0.05) is 32.9 Å². The number of nitrogens with zero attached hydrogens (tertiary/aromatic N) is 2. The normalized spacial score (nSPS) is 15.4. The van der Waals surface area contributed by atoms with Gasteiger partial charge in [0.25, 0.3) is 0 Å². The van der Waals surface area contributed by atoms with Crippen LogP contribution in [0.1, 0.15) is 52.8 Å². The first-order valence-electron chi connectivity index (χ1n) is 6.00. The second-order valence-electron chi connectivity index (χ2n) is 5.61. The van der Waals surface area contributed by atoms with Gasteiger partial charge < -0.3 is 9.63 Å². The second-order valence-corrected chi connectivity index (χ2v) is 5.61. The minimum Gasteiger partial charge on any atom is -0.480 e. The molecule has 2 N–H and O–H groups in total. The fraction of sp³-hybridized carbons (Fsp3) is 0.750. The molecule has 0 saturated carbocycles. The van der Waals surface area contributed by atoms with E-state index in [2.05, 4.69) is 15.5 Å². The average molecular weight is 255 g/mol. The molecule has 0 aromatic carbocycles. The highest BCUT2D eigenvalue weighted by atomic mass is 16.5. The highest BCUT2D eigenvalue weighted by Gasteiger charge is 2.31. The van der Waals surface area contributed by atoms with Gasteiger partial charge in [0.2, 0.25) is 5.89 Å². The molecule has 0 fully saturated rings. The minimum atomic E-state index is -0.970. The van der Waals surface area contributed by atoms with Crippen LogP contribution in [0.2, 0.25) is 0 Å². The van der Waals surface area contributed by atoms with Gasteiger partial charge in [0, 0.05) is 5.41 Å². The van der Waals surface area contributed by atoms with E-state index >= 15 is 0 Å². The maximum atomic E-state index is 11.1. The zero-order valence-electron chi connectivity index (χ0n) is 11.6. The lowest BCUT2D eigenvalue weighted by Gasteiger charge is -2.23. The van der Waals surface area contributed by atoms with Gasteiger partial charge >= 0.3 is 5.97 Å². The van der Waals surface area contributed by atoms with Gasteiger partial charge in [-0.15, -0.1) is 0 Å². The largest absolute Gasteiger partial charge is 0.480 e. The molecule has 0 bridgehead atoms. The first-order valence-corrected chi connectivity index (χ1v) is 6.00. The molecule has 1 heterocycles. The van der Waals surface area contributed by atoms with Crippen molar-refractivity contribution in [3.05, 3.63) is 11.7 Å². The molecular weight excluding hydrogens is 234 g/mol. The summed E-state index contributed by atoms with van der Waals surface area (Å²) >= 11 is 0. The third-order valence-corrected chi connectivity index (χ3v) is 2.93. The van der Waals surface area contributed by atoms with Crippen LogP contribution < -0.4 is 5.32 Å². The fourth-order valence-electron chi connectivity index (χ4n) is 1.26. The van der Waals surface area contributed by atoms with E-state index in [0.717, 1.165) is 0 Å². The molecule has 1 aromatic heterocycles. The van der Waals surface area contributed by atoms with Gasteiger partial charge in [-0.3, -0.25) is 10.1 Å². The standard InChI is InChI=1S/C12H21N3O3/c1-6-12(5,10(16)17)13-7-8-14-9(18-15-8)11(2,3)4/h13H,6-7H2,1-5H3,(H,16,17). The molecule has 1 rings (SSSR count). The third kappa shape index (κ3) is 3.29. The molecule has 18 heavy (non-hydrogen) atoms. The summed E-state index contributed by atoms with van der Waals surface area (Å²) < 4.78 is 5.14. The maximum absolute atomic E-state index is 11.1. The van der Waals surface area contributed by atoms with Crippen LogP contribution in [0.4, 0.5) is 0 Å². The molecule has 102 valence electrons. The SMILES string of the molecule is CCC(C)(NCc1noc(C(C)(C)C)n1)C(=O)O. The van der Waals surface area contributed by atoms with Crippen molar-refractivity contribution in [2.45, 2.75) is 58.5 Å². The molecule has 1 atom stereocenters. The van der Waals surface area contributed by atoms with Crippen LogP contribution in [0.3, 0.4) is 0 Å². The van der Waals surface area contributed by atoms with Gasteiger partial charge in [-0.2, -0.15) is 4.98 Å². The van der Waals surface area contributed by atoms with Crippen LogP contribution in [-0.4, -0.2) is 26.8 Å². The Kier molecular flexibility index (Phi) is 4.11. The van der Waals surface area contributed by atoms with Crippen molar-refractivity contribution in [1.29, 1.82) is 0 Å². The number of carbonyl (C=O) groups is 1. The topological polar surface area (TPSA) is 88.3 Å². The molecule has 0 spiro atoms. The summed E-state index contributed by atoms with van der Waals surface area (Å²) in [5.74, 6) is 0.137. The Morgan fingerprint density at radius 3 is 2.39 bits per heavy atom. The lowest BCUT2D eigenvalue weighted by Crippen LogP contribution is -2.48. The Hall–Kier alpha value is -1.43. The number of hydrogen-bond donors (Lipinski definition) is 2. The van der Waals surface area contributed by atoms with E-state index < -0.39 is 11.5 Å². The predicted octanol–water partition coefficient (Wildman–Crippen LogP) is 1.71. The summed E-state index contributed by atoms with van der Waals surface area (Å²) in [6.45, 7) is 9.66.